The summed E-state index contributed by atoms with van der Waals surface area (Å²) >= 11 is 0. The van der Waals surface area contributed by atoms with Crippen molar-refractivity contribution in [3.63, 3.8) is 0 Å². The summed E-state index contributed by atoms with van der Waals surface area (Å²) in [5.74, 6) is -1.04. The van der Waals surface area contributed by atoms with E-state index in [1.807, 2.05) is 0 Å². The third kappa shape index (κ3) is 2.51. The Kier molecular flexibility index (Phi) is 3.68. The molecule has 0 fully saturated rings. The van der Waals surface area contributed by atoms with Crippen LogP contribution in [0.2, 0.25) is 0 Å². The normalized spacial score (nSPS) is 10.2. The zero-order valence-corrected chi connectivity index (χ0v) is 9.98. The van der Waals surface area contributed by atoms with Crippen LogP contribution in [0, 0.1) is 0 Å². The zero-order valence-electron chi connectivity index (χ0n) is 9.98. The monoisotopic (exact) mass is 258 g/mol. The molecule has 5 heteroatoms. The van der Waals surface area contributed by atoms with Gasteiger partial charge < -0.3 is 10.2 Å². The fourth-order valence-corrected chi connectivity index (χ4v) is 1.87. The van der Waals surface area contributed by atoms with Gasteiger partial charge in [0, 0.05) is 17.7 Å². The van der Waals surface area contributed by atoms with Gasteiger partial charge in [-0.2, -0.15) is 4.57 Å². The number of benzene rings is 1. The molecule has 1 heterocycles. The molecule has 0 unspecified atom stereocenters. The molecule has 0 spiro atoms. The molecule has 0 aliphatic rings. The van der Waals surface area contributed by atoms with Gasteiger partial charge in [-0.05, 0) is 6.07 Å². The van der Waals surface area contributed by atoms with Crippen LogP contribution in [-0.4, -0.2) is 22.5 Å². The summed E-state index contributed by atoms with van der Waals surface area (Å²) in [5, 5.41) is 18.3. The number of pyridine rings is 1. The molecule has 0 bridgehead atoms. The molecule has 96 valence electrons. The van der Waals surface area contributed by atoms with Crippen LogP contribution in [0.4, 0.5) is 0 Å². The largest absolute Gasteiger partial charge is 0.477 e. The van der Waals surface area contributed by atoms with Crippen LogP contribution in [0.25, 0.3) is 5.69 Å². The number of carboxylic acid groups (broad SMARTS) is 1. The number of carbonyl (C=O) groups excluding carboxylic acids is 1. The number of aromatic carboxylic acids is 1. The summed E-state index contributed by atoms with van der Waals surface area (Å²) in [6.45, 7) is -0.297. The molecule has 2 N–H and O–H groups in total. The van der Waals surface area contributed by atoms with Gasteiger partial charge in [0.2, 0.25) is 5.69 Å². The molecule has 2 rings (SSSR count). The SMILES string of the molecule is O=Cc1cccc(-[n+]2cccc(C(=O)O)c2)c1CO. The predicted molar refractivity (Wildman–Crippen MR) is 66.2 cm³/mol. The van der Waals surface area contributed by atoms with E-state index >= 15 is 0 Å². The minimum absolute atomic E-state index is 0.128. The van der Waals surface area contributed by atoms with Crippen molar-refractivity contribution in [3.05, 3.63) is 59.4 Å². The van der Waals surface area contributed by atoms with Gasteiger partial charge in [-0.25, -0.2) is 4.79 Å². The second kappa shape index (κ2) is 5.41. The van der Waals surface area contributed by atoms with Crippen molar-refractivity contribution in [2.24, 2.45) is 0 Å². The van der Waals surface area contributed by atoms with Gasteiger partial charge in [-0.15, -0.1) is 0 Å². The molecule has 1 aromatic heterocycles. The van der Waals surface area contributed by atoms with Crippen molar-refractivity contribution in [1.82, 2.24) is 0 Å². The summed E-state index contributed by atoms with van der Waals surface area (Å²) in [5.41, 5.74) is 1.55. The highest BCUT2D eigenvalue weighted by atomic mass is 16.4. The van der Waals surface area contributed by atoms with Crippen LogP contribution in [0.15, 0.2) is 42.7 Å². The van der Waals surface area contributed by atoms with Crippen LogP contribution >= 0.6 is 0 Å². The predicted octanol–water partition coefficient (Wildman–Crippen LogP) is 0.966. The van der Waals surface area contributed by atoms with Crippen LogP contribution in [0.1, 0.15) is 26.3 Å². The average Bonchev–Trinajstić information content (AvgIpc) is 2.46. The van der Waals surface area contributed by atoms with Crippen molar-refractivity contribution in [1.29, 1.82) is 0 Å². The fourth-order valence-electron chi connectivity index (χ4n) is 1.87. The molecule has 5 nitrogen and oxygen atoms in total. The van der Waals surface area contributed by atoms with E-state index in [2.05, 4.69) is 0 Å². The second-order valence-corrected chi connectivity index (χ2v) is 3.93. The molecular formula is C14H12NO4+. The lowest BCUT2D eigenvalue weighted by atomic mass is 10.1. The number of carbonyl (C=O) groups is 2. The van der Waals surface area contributed by atoms with Crippen molar-refractivity contribution < 1.29 is 24.4 Å². The lowest BCUT2D eigenvalue weighted by Gasteiger charge is -2.04. The minimum atomic E-state index is -1.04. The van der Waals surface area contributed by atoms with E-state index in [-0.39, 0.29) is 12.2 Å². The van der Waals surface area contributed by atoms with E-state index in [0.29, 0.717) is 23.1 Å². The average molecular weight is 258 g/mol. The van der Waals surface area contributed by atoms with E-state index in [1.54, 1.807) is 35.0 Å². The molecule has 0 saturated carbocycles. The first-order chi connectivity index (χ1) is 9.17. The number of rotatable bonds is 4. The number of aromatic nitrogens is 1. The highest BCUT2D eigenvalue weighted by molar-refractivity contribution is 5.86. The second-order valence-electron chi connectivity index (χ2n) is 3.93. The van der Waals surface area contributed by atoms with Crippen LogP contribution < -0.4 is 4.57 Å². The van der Waals surface area contributed by atoms with Crippen molar-refractivity contribution >= 4 is 12.3 Å². The highest BCUT2D eigenvalue weighted by Gasteiger charge is 2.17. The summed E-state index contributed by atoms with van der Waals surface area (Å²) in [6, 6.07) is 8.06. The molecule has 2 aromatic rings. The van der Waals surface area contributed by atoms with Crippen molar-refractivity contribution in [3.8, 4) is 5.69 Å². The van der Waals surface area contributed by atoms with E-state index in [1.165, 1.54) is 12.3 Å². The highest BCUT2D eigenvalue weighted by Crippen LogP contribution is 2.13. The van der Waals surface area contributed by atoms with Crippen LogP contribution in [0.5, 0.6) is 0 Å². The number of aldehydes is 1. The van der Waals surface area contributed by atoms with E-state index in [0.717, 1.165) is 0 Å². The Morgan fingerprint density at radius 3 is 2.68 bits per heavy atom. The van der Waals surface area contributed by atoms with E-state index < -0.39 is 5.97 Å². The number of aliphatic hydroxyl groups excluding tert-OH is 1. The zero-order chi connectivity index (χ0) is 13.8. The third-order valence-electron chi connectivity index (χ3n) is 2.80. The molecule has 19 heavy (non-hydrogen) atoms. The van der Waals surface area contributed by atoms with Gasteiger partial charge in [-0.1, -0.05) is 12.1 Å². The Bertz CT molecular complexity index is 637. The molecule has 0 atom stereocenters. The fraction of sp³-hybridized carbons (Fsp3) is 0.0714. The third-order valence-corrected chi connectivity index (χ3v) is 2.80. The molecular weight excluding hydrogens is 246 g/mol. The summed E-state index contributed by atoms with van der Waals surface area (Å²) in [6.07, 6.45) is 3.76. The molecule has 0 aliphatic carbocycles. The van der Waals surface area contributed by atoms with Gasteiger partial charge in [0.05, 0.1) is 12.2 Å². The van der Waals surface area contributed by atoms with Crippen LogP contribution in [0.3, 0.4) is 0 Å². The number of aliphatic hydroxyl groups is 1. The first-order valence-corrected chi connectivity index (χ1v) is 5.60. The molecule has 0 aliphatic heterocycles. The number of carboxylic acids is 1. The van der Waals surface area contributed by atoms with Crippen molar-refractivity contribution in [2.45, 2.75) is 6.61 Å². The Morgan fingerprint density at radius 1 is 1.26 bits per heavy atom. The lowest BCUT2D eigenvalue weighted by Crippen LogP contribution is -2.32. The maximum atomic E-state index is 10.9. The maximum absolute atomic E-state index is 10.9. The minimum Gasteiger partial charge on any atom is -0.477 e. The summed E-state index contributed by atoms with van der Waals surface area (Å²) in [7, 11) is 0. The first-order valence-electron chi connectivity index (χ1n) is 5.60. The quantitative estimate of drug-likeness (QED) is 0.632. The van der Waals surface area contributed by atoms with E-state index in [4.69, 9.17) is 5.11 Å². The molecule has 0 radical (unpaired) electrons. The standard InChI is InChI=1S/C14H11NO4/c16-8-11-3-1-5-13(12(11)9-17)15-6-2-4-10(7-15)14(18)19/h1-8,17H,9H2/p+1. The topological polar surface area (TPSA) is 78.5 Å². The summed E-state index contributed by atoms with van der Waals surface area (Å²) < 4.78 is 1.57. The Morgan fingerprint density at radius 2 is 2.05 bits per heavy atom. The van der Waals surface area contributed by atoms with Crippen LogP contribution in [-0.2, 0) is 6.61 Å². The van der Waals surface area contributed by atoms with Gasteiger partial charge in [0.15, 0.2) is 18.7 Å². The Balaban J connectivity index is 2.61. The van der Waals surface area contributed by atoms with Gasteiger partial charge >= 0.3 is 5.97 Å². The maximum Gasteiger partial charge on any atom is 0.341 e. The molecule has 1 aromatic carbocycles. The first kappa shape index (κ1) is 12.9. The number of nitrogens with zero attached hydrogens (tertiary/aromatic N) is 1. The Labute approximate surface area is 109 Å². The molecule has 0 saturated heterocycles. The Hall–Kier alpha value is -2.53. The van der Waals surface area contributed by atoms with Gasteiger partial charge in [0.25, 0.3) is 0 Å². The lowest BCUT2D eigenvalue weighted by molar-refractivity contribution is -0.596. The van der Waals surface area contributed by atoms with Gasteiger partial charge in [0.1, 0.15) is 5.56 Å². The summed E-state index contributed by atoms with van der Waals surface area (Å²) in [4.78, 5) is 21.9. The smallest absolute Gasteiger partial charge is 0.341 e. The molecule has 0 amide bonds. The number of hydrogen-bond donors (Lipinski definition) is 2. The van der Waals surface area contributed by atoms with Crippen molar-refractivity contribution in [2.75, 3.05) is 0 Å². The van der Waals surface area contributed by atoms with Gasteiger partial charge in [-0.3, -0.25) is 4.79 Å². The number of hydrogen-bond acceptors (Lipinski definition) is 3. The van der Waals surface area contributed by atoms with E-state index in [9.17, 15) is 14.7 Å².